The zero-order chi connectivity index (χ0) is 12.6. The molecule has 2 aromatic rings. The van der Waals surface area contributed by atoms with E-state index in [1.165, 1.54) is 30.0 Å². The van der Waals surface area contributed by atoms with Crippen molar-refractivity contribution in [2.45, 2.75) is 24.8 Å². The summed E-state index contributed by atoms with van der Waals surface area (Å²) in [5.74, 6) is 0.518. The van der Waals surface area contributed by atoms with Crippen LogP contribution in [0.25, 0.3) is 0 Å². The van der Waals surface area contributed by atoms with Gasteiger partial charge < -0.3 is 0 Å². The third kappa shape index (κ3) is 3.72. The van der Waals surface area contributed by atoms with Gasteiger partial charge in [-0.05, 0) is 23.6 Å². The number of halogens is 1. The number of rotatable bonds is 6. The molecule has 0 aliphatic heterocycles. The van der Waals surface area contributed by atoms with Crippen LogP contribution in [0.3, 0.4) is 0 Å². The molecular formula is C16H19ClSi. The van der Waals surface area contributed by atoms with Gasteiger partial charge in [0.2, 0.25) is 0 Å². The van der Waals surface area contributed by atoms with Crippen LogP contribution in [0.5, 0.6) is 0 Å². The highest BCUT2D eigenvalue weighted by atomic mass is 35.6. The van der Waals surface area contributed by atoms with Crippen LogP contribution < -0.4 is 0 Å². The summed E-state index contributed by atoms with van der Waals surface area (Å²) in [5, 5.41) is 0. The van der Waals surface area contributed by atoms with Gasteiger partial charge in [-0.25, -0.2) is 0 Å². The Morgan fingerprint density at radius 1 is 0.833 bits per heavy atom. The van der Waals surface area contributed by atoms with Crippen LogP contribution in [-0.2, 0) is 0 Å². The molecule has 0 aliphatic carbocycles. The summed E-state index contributed by atoms with van der Waals surface area (Å²) in [5.41, 5.74) is 2.83. The molecule has 0 saturated carbocycles. The molecule has 0 saturated heterocycles. The maximum atomic E-state index is 5.92. The van der Waals surface area contributed by atoms with E-state index in [0.29, 0.717) is 5.92 Å². The lowest BCUT2D eigenvalue weighted by molar-refractivity contribution is 0.697. The SMILES string of the molecule is Cl[SiH2]CCCC(c1ccccc1)c1ccccc1. The summed E-state index contributed by atoms with van der Waals surface area (Å²) in [4.78, 5) is 0. The molecule has 18 heavy (non-hydrogen) atoms. The lowest BCUT2D eigenvalue weighted by Gasteiger charge is -2.17. The minimum atomic E-state index is -0.316. The van der Waals surface area contributed by atoms with Gasteiger partial charge in [-0.2, -0.15) is 11.1 Å². The second kappa shape index (κ2) is 7.40. The van der Waals surface area contributed by atoms with E-state index in [1.54, 1.807) is 0 Å². The van der Waals surface area contributed by atoms with Gasteiger partial charge >= 0.3 is 0 Å². The maximum absolute atomic E-state index is 5.92. The Balaban J connectivity index is 2.18. The Labute approximate surface area is 117 Å². The maximum Gasteiger partial charge on any atom is 0.125 e. The second-order valence-electron chi connectivity index (χ2n) is 4.56. The first kappa shape index (κ1) is 13.4. The van der Waals surface area contributed by atoms with Gasteiger partial charge in [0.1, 0.15) is 8.83 Å². The van der Waals surface area contributed by atoms with Crippen molar-refractivity contribution in [2.24, 2.45) is 0 Å². The van der Waals surface area contributed by atoms with E-state index in [0.717, 1.165) is 0 Å². The zero-order valence-corrected chi connectivity index (χ0v) is 12.7. The average molecular weight is 275 g/mol. The summed E-state index contributed by atoms with van der Waals surface area (Å²) in [6.07, 6.45) is 2.44. The lowest BCUT2D eigenvalue weighted by atomic mass is 9.88. The third-order valence-electron chi connectivity index (χ3n) is 3.28. The minimum absolute atomic E-state index is 0.316. The van der Waals surface area contributed by atoms with Crippen LogP contribution in [0.15, 0.2) is 60.7 Å². The fourth-order valence-corrected chi connectivity index (χ4v) is 3.38. The van der Waals surface area contributed by atoms with Gasteiger partial charge in [0, 0.05) is 5.92 Å². The number of hydrogen-bond acceptors (Lipinski definition) is 0. The van der Waals surface area contributed by atoms with Gasteiger partial charge in [0.05, 0.1) is 0 Å². The van der Waals surface area contributed by atoms with Gasteiger partial charge in [-0.3, -0.25) is 0 Å². The molecule has 0 fully saturated rings. The molecule has 2 heteroatoms. The summed E-state index contributed by atoms with van der Waals surface area (Å²) >= 11 is 5.92. The molecule has 0 nitrogen and oxygen atoms in total. The topological polar surface area (TPSA) is 0 Å². The fraction of sp³-hybridized carbons (Fsp3) is 0.250. The number of benzene rings is 2. The summed E-state index contributed by atoms with van der Waals surface area (Å²) in [7, 11) is -0.316. The highest BCUT2D eigenvalue weighted by Gasteiger charge is 2.12. The molecular weight excluding hydrogens is 256 g/mol. The molecule has 0 N–H and O–H groups in total. The highest BCUT2D eigenvalue weighted by molar-refractivity contribution is 6.93. The first-order valence-electron chi connectivity index (χ1n) is 6.57. The zero-order valence-electron chi connectivity index (χ0n) is 10.6. The molecule has 94 valence electrons. The Morgan fingerprint density at radius 2 is 1.33 bits per heavy atom. The average Bonchev–Trinajstić information content (AvgIpc) is 2.46. The number of hydrogen-bond donors (Lipinski definition) is 0. The predicted molar refractivity (Wildman–Crippen MR) is 83.2 cm³/mol. The molecule has 0 aromatic heterocycles. The van der Waals surface area contributed by atoms with Crippen LogP contribution in [0.1, 0.15) is 29.9 Å². The summed E-state index contributed by atoms with van der Waals surface area (Å²) in [6, 6.07) is 22.8. The molecule has 2 aromatic carbocycles. The predicted octanol–water partition coefficient (Wildman–Crippen LogP) is 4.34. The lowest BCUT2D eigenvalue weighted by Crippen LogP contribution is -2.01. The van der Waals surface area contributed by atoms with E-state index >= 15 is 0 Å². The first-order valence-corrected chi connectivity index (χ1v) is 9.71. The van der Waals surface area contributed by atoms with Gasteiger partial charge in [0.15, 0.2) is 0 Å². The third-order valence-corrected chi connectivity index (χ3v) is 4.85. The Bertz CT molecular complexity index is 402. The van der Waals surface area contributed by atoms with Gasteiger partial charge in [-0.1, -0.05) is 67.1 Å². The normalized spacial score (nSPS) is 11.4. The van der Waals surface area contributed by atoms with Crippen LogP contribution in [0.4, 0.5) is 0 Å². The minimum Gasteiger partial charge on any atom is -0.176 e. The van der Waals surface area contributed by atoms with E-state index in [9.17, 15) is 0 Å². The van der Waals surface area contributed by atoms with E-state index in [4.69, 9.17) is 11.1 Å². The first-order chi connectivity index (χ1) is 8.92. The second-order valence-corrected chi connectivity index (χ2v) is 6.78. The Morgan fingerprint density at radius 3 is 1.78 bits per heavy atom. The highest BCUT2D eigenvalue weighted by Crippen LogP contribution is 2.29. The summed E-state index contributed by atoms with van der Waals surface area (Å²) in [6.45, 7) is 0. The molecule has 0 atom stereocenters. The standard InChI is InChI=1S/C16H19ClSi/c17-18-13-7-12-16(14-8-3-1-4-9-14)15-10-5-2-6-11-15/h1-6,8-11,16H,7,12-13,18H2. The van der Waals surface area contributed by atoms with Crippen molar-refractivity contribution in [3.05, 3.63) is 71.8 Å². The monoisotopic (exact) mass is 274 g/mol. The Kier molecular flexibility index (Phi) is 5.50. The van der Waals surface area contributed by atoms with E-state index in [-0.39, 0.29) is 8.83 Å². The van der Waals surface area contributed by atoms with Gasteiger partial charge in [0.25, 0.3) is 0 Å². The van der Waals surface area contributed by atoms with Crippen LogP contribution in [-0.4, -0.2) is 8.83 Å². The molecule has 0 radical (unpaired) electrons. The van der Waals surface area contributed by atoms with Crippen molar-refractivity contribution in [3.8, 4) is 0 Å². The molecule has 0 spiro atoms. The molecule has 0 unspecified atom stereocenters. The molecule has 0 bridgehead atoms. The van der Waals surface area contributed by atoms with E-state index < -0.39 is 0 Å². The van der Waals surface area contributed by atoms with Crippen molar-refractivity contribution in [2.75, 3.05) is 0 Å². The summed E-state index contributed by atoms with van der Waals surface area (Å²) < 4.78 is 0. The van der Waals surface area contributed by atoms with Crippen LogP contribution in [0, 0.1) is 0 Å². The molecule has 0 aliphatic rings. The fourth-order valence-electron chi connectivity index (χ4n) is 2.34. The van der Waals surface area contributed by atoms with Crippen molar-refractivity contribution in [3.63, 3.8) is 0 Å². The molecule has 0 amide bonds. The van der Waals surface area contributed by atoms with Crippen molar-refractivity contribution < 1.29 is 0 Å². The molecule has 2 rings (SSSR count). The van der Waals surface area contributed by atoms with Crippen LogP contribution in [0.2, 0.25) is 6.04 Å². The van der Waals surface area contributed by atoms with E-state index in [2.05, 4.69) is 60.7 Å². The van der Waals surface area contributed by atoms with Gasteiger partial charge in [-0.15, -0.1) is 0 Å². The largest absolute Gasteiger partial charge is 0.176 e. The van der Waals surface area contributed by atoms with Crippen LogP contribution >= 0.6 is 11.1 Å². The smallest absolute Gasteiger partial charge is 0.125 e. The Hall–Kier alpha value is -1.05. The molecule has 0 heterocycles. The quantitative estimate of drug-likeness (QED) is 0.418. The van der Waals surface area contributed by atoms with Crippen molar-refractivity contribution in [1.82, 2.24) is 0 Å². The van der Waals surface area contributed by atoms with E-state index in [1.807, 2.05) is 0 Å². The van der Waals surface area contributed by atoms with Crippen molar-refractivity contribution in [1.29, 1.82) is 0 Å². The van der Waals surface area contributed by atoms with Crippen molar-refractivity contribution >= 4 is 19.9 Å².